The van der Waals surface area contributed by atoms with E-state index in [1.54, 1.807) is 13.8 Å². The van der Waals surface area contributed by atoms with E-state index in [9.17, 15) is 31.5 Å². The van der Waals surface area contributed by atoms with Crippen LogP contribution in [-0.2, 0) is 6.18 Å². The summed E-state index contributed by atoms with van der Waals surface area (Å²) in [6.07, 6.45) is -4.97. The van der Waals surface area contributed by atoms with Crippen molar-refractivity contribution in [1.82, 2.24) is 4.98 Å². The van der Waals surface area contributed by atoms with Crippen molar-refractivity contribution in [1.29, 1.82) is 0 Å². The number of pyridine rings is 1. The second kappa shape index (κ2) is 7.47. The third kappa shape index (κ3) is 3.61. The topological polar surface area (TPSA) is 56.4 Å². The van der Waals surface area contributed by atoms with Gasteiger partial charge < -0.3 is 9.88 Å². The van der Waals surface area contributed by atoms with E-state index in [2.05, 4.69) is 4.98 Å². The molecule has 1 amide bonds. The summed E-state index contributed by atoms with van der Waals surface area (Å²) in [5, 5.41) is 0. The largest absolute Gasteiger partial charge is 0.419 e. The Morgan fingerprint density at radius 3 is 2.19 bits per heavy atom. The van der Waals surface area contributed by atoms with Crippen LogP contribution in [0.15, 0.2) is 47.3 Å². The molecular formula is C22H16F5N3O2. The average Bonchev–Trinajstić information content (AvgIpc) is 2.68. The van der Waals surface area contributed by atoms with Crippen molar-refractivity contribution in [3.05, 3.63) is 86.8 Å². The number of amides is 1. The molecule has 2 aromatic carbocycles. The van der Waals surface area contributed by atoms with Gasteiger partial charge in [0.1, 0.15) is 18.3 Å². The molecule has 4 rings (SSSR count). The van der Waals surface area contributed by atoms with Crippen LogP contribution in [0.25, 0.3) is 0 Å². The first kappa shape index (κ1) is 21.5. The van der Waals surface area contributed by atoms with Crippen LogP contribution in [0.1, 0.15) is 27.2 Å². The molecule has 3 aromatic rings. The Balaban J connectivity index is 1.96. The van der Waals surface area contributed by atoms with Gasteiger partial charge in [-0.1, -0.05) is 0 Å². The highest BCUT2D eigenvalue weighted by atomic mass is 19.4. The molecule has 0 fully saturated rings. The molecule has 1 N–H and O–H groups in total. The smallest absolute Gasteiger partial charge is 0.324 e. The number of benzene rings is 2. The molecule has 0 bridgehead atoms. The van der Waals surface area contributed by atoms with Gasteiger partial charge in [0.05, 0.1) is 22.5 Å². The van der Waals surface area contributed by atoms with Gasteiger partial charge in [-0.05, 0) is 55.8 Å². The van der Waals surface area contributed by atoms with Crippen LogP contribution >= 0.6 is 0 Å². The van der Waals surface area contributed by atoms with E-state index in [4.69, 9.17) is 0 Å². The molecule has 2 heterocycles. The van der Waals surface area contributed by atoms with Crippen molar-refractivity contribution < 1.29 is 26.7 Å². The zero-order chi connectivity index (χ0) is 23.4. The number of nitrogens with zero attached hydrogens (tertiary/aromatic N) is 2. The van der Waals surface area contributed by atoms with Crippen molar-refractivity contribution in [3.8, 4) is 0 Å². The number of rotatable bonds is 2. The van der Waals surface area contributed by atoms with Gasteiger partial charge in [0, 0.05) is 17.4 Å². The Hall–Kier alpha value is -3.69. The molecular weight excluding hydrogens is 433 g/mol. The van der Waals surface area contributed by atoms with E-state index in [0.717, 1.165) is 6.07 Å². The molecule has 1 aliphatic heterocycles. The first-order chi connectivity index (χ1) is 15.0. The maximum atomic E-state index is 14.4. The summed E-state index contributed by atoms with van der Waals surface area (Å²) in [6.45, 7) is 2.88. The van der Waals surface area contributed by atoms with Crippen LogP contribution in [0.3, 0.4) is 0 Å². The number of H-pyrrole nitrogens is 1. The standard InChI is InChI=1S/C22H16F5N3O2/c1-11-7-13(23)3-4-17(11)29-10-30(18-5-6-20(31)28-12(18)2)21(32)14-8-16(24)15(9-19(14)29)22(25,26)27/h3-9H,10H2,1-2H3,(H,28,31). The maximum absolute atomic E-state index is 14.4. The van der Waals surface area contributed by atoms with E-state index in [1.807, 2.05) is 0 Å². The van der Waals surface area contributed by atoms with Gasteiger partial charge in [-0.2, -0.15) is 13.2 Å². The molecule has 1 aromatic heterocycles. The number of nitrogens with one attached hydrogen (secondary N) is 1. The molecule has 0 radical (unpaired) electrons. The molecule has 0 saturated carbocycles. The van der Waals surface area contributed by atoms with Crippen LogP contribution < -0.4 is 15.4 Å². The number of aromatic amines is 1. The number of carbonyl (C=O) groups excluding carboxylic acids is 1. The summed E-state index contributed by atoms with van der Waals surface area (Å²) in [4.78, 5) is 29.9. The number of aromatic nitrogens is 1. The summed E-state index contributed by atoms with van der Waals surface area (Å²) in [6, 6.07) is 7.46. The molecule has 0 atom stereocenters. The normalized spacial score (nSPS) is 14.0. The number of carbonyl (C=O) groups is 1. The van der Waals surface area contributed by atoms with Crippen molar-refractivity contribution >= 4 is 23.0 Å². The SMILES string of the molecule is Cc1cc(F)ccc1N1CN(c2ccc(=O)[nH]c2C)C(=O)c2cc(F)c(C(F)(F)F)cc21. The predicted octanol–water partition coefficient (Wildman–Crippen LogP) is 5.04. The van der Waals surface area contributed by atoms with Gasteiger partial charge in [0.15, 0.2) is 0 Å². The molecule has 0 aliphatic carbocycles. The molecule has 1 aliphatic rings. The highest BCUT2D eigenvalue weighted by molar-refractivity contribution is 6.13. The maximum Gasteiger partial charge on any atom is 0.419 e. The Kier molecular flexibility index (Phi) is 5.03. The minimum Gasteiger partial charge on any atom is -0.324 e. The number of hydrogen-bond donors (Lipinski definition) is 1. The Bertz CT molecular complexity index is 1300. The number of fused-ring (bicyclic) bond motifs is 1. The third-order valence-electron chi connectivity index (χ3n) is 5.27. The molecule has 166 valence electrons. The molecule has 0 saturated heterocycles. The minimum atomic E-state index is -4.97. The Labute approximate surface area is 178 Å². The summed E-state index contributed by atoms with van der Waals surface area (Å²) in [5.41, 5.74) is -0.977. The van der Waals surface area contributed by atoms with Gasteiger partial charge in [-0.25, -0.2) is 8.78 Å². The number of aryl methyl sites for hydroxylation is 2. The predicted molar refractivity (Wildman–Crippen MR) is 108 cm³/mol. The first-order valence-electron chi connectivity index (χ1n) is 9.43. The number of alkyl halides is 3. The van der Waals surface area contributed by atoms with E-state index in [-0.39, 0.29) is 17.9 Å². The molecule has 0 spiro atoms. The lowest BCUT2D eigenvalue weighted by molar-refractivity contribution is -0.139. The lowest BCUT2D eigenvalue weighted by atomic mass is 10.0. The highest BCUT2D eigenvalue weighted by Gasteiger charge is 2.39. The summed E-state index contributed by atoms with van der Waals surface area (Å²) < 4.78 is 68.1. The third-order valence-corrected chi connectivity index (χ3v) is 5.27. The quantitative estimate of drug-likeness (QED) is 0.558. The monoisotopic (exact) mass is 449 g/mol. The lowest BCUT2D eigenvalue weighted by Crippen LogP contribution is -2.46. The fourth-order valence-corrected chi connectivity index (χ4v) is 3.78. The second-order valence-corrected chi connectivity index (χ2v) is 7.41. The van der Waals surface area contributed by atoms with Crippen LogP contribution in [-0.4, -0.2) is 17.6 Å². The highest BCUT2D eigenvalue weighted by Crippen LogP contribution is 2.42. The molecule has 0 unspecified atom stereocenters. The molecule has 32 heavy (non-hydrogen) atoms. The Morgan fingerprint density at radius 2 is 1.56 bits per heavy atom. The van der Waals surface area contributed by atoms with Crippen LogP contribution in [0, 0.1) is 25.5 Å². The summed E-state index contributed by atoms with van der Waals surface area (Å²) >= 11 is 0. The van der Waals surface area contributed by atoms with Crippen molar-refractivity contribution in [3.63, 3.8) is 0 Å². The van der Waals surface area contributed by atoms with Crippen LogP contribution in [0.2, 0.25) is 0 Å². The van der Waals surface area contributed by atoms with Crippen LogP contribution in [0.4, 0.5) is 39.0 Å². The van der Waals surface area contributed by atoms with Gasteiger partial charge in [-0.3, -0.25) is 14.5 Å². The first-order valence-corrected chi connectivity index (χ1v) is 9.43. The number of anilines is 3. The summed E-state index contributed by atoms with van der Waals surface area (Å²) in [7, 11) is 0. The van der Waals surface area contributed by atoms with Crippen molar-refractivity contribution in [2.24, 2.45) is 0 Å². The minimum absolute atomic E-state index is 0.156. The van der Waals surface area contributed by atoms with E-state index >= 15 is 0 Å². The van der Waals surface area contributed by atoms with E-state index in [1.165, 1.54) is 34.1 Å². The van der Waals surface area contributed by atoms with Gasteiger partial charge >= 0.3 is 6.18 Å². The van der Waals surface area contributed by atoms with Crippen molar-refractivity contribution in [2.75, 3.05) is 16.5 Å². The van der Waals surface area contributed by atoms with Crippen LogP contribution in [0.5, 0.6) is 0 Å². The zero-order valence-corrected chi connectivity index (χ0v) is 16.8. The lowest BCUT2D eigenvalue weighted by Gasteiger charge is -2.39. The summed E-state index contributed by atoms with van der Waals surface area (Å²) in [5.74, 6) is -2.86. The Morgan fingerprint density at radius 1 is 0.875 bits per heavy atom. The molecule has 5 nitrogen and oxygen atoms in total. The fourth-order valence-electron chi connectivity index (χ4n) is 3.78. The molecule has 10 heteroatoms. The van der Waals surface area contributed by atoms with Gasteiger partial charge in [-0.15, -0.1) is 0 Å². The zero-order valence-electron chi connectivity index (χ0n) is 16.8. The number of hydrogen-bond acceptors (Lipinski definition) is 3. The van der Waals surface area contributed by atoms with E-state index < -0.39 is 34.8 Å². The second-order valence-electron chi connectivity index (χ2n) is 7.41. The van der Waals surface area contributed by atoms with Gasteiger partial charge in [0.2, 0.25) is 5.56 Å². The van der Waals surface area contributed by atoms with Gasteiger partial charge in [0.25, 0.3) is 5.91 Å². The van der Waals surface area contributed by atoms with Crippen molar-refractivity contribution in [2.45, 2.75) is 20.0 Å². The van der Waals surface area contributed by atoms with E-state index in [0.29, 0.717) is 34.8 Å². The average molecular weight is 449 g/mol. The fraction of sp³-hybridized carbons (Fsp3) is 0.182. The number of halogens is 5.